The van der Waals surface area contributed by atoms with Crippen LogP contribution in [0.4, 0.5) is 10.1 Å². The molecule has 2 aromatic rings. The van der Waals surface area contributed by atoms with Gasteiger partial charge in [-0.05, 0) is 50.1 Å². The van der Waals surface area contributed by atoms with Gasteiger partial charge in [0.25, 0.3) is 0 Å². The van der Waals surface area contributed by atoms with Gasteiger partial charge in [0.2, 0.25) is 5.91 Å². The van der Waals surface area contributed by atoms with Crippen molar-refractivity contribution < 1.29 is 9.18 Å². The molecule has 0 radical (unpaired) electrons. The van der Waals surface area contributed by atoms with Gasteiger partial charge in [-0.15, -0.1) is 0 Å². The molecule has 0 saturated heterocycles. The first-order valence-electron chi connectivity index (χ1n) is 7.60. The van der Waals surface area contributed by atoms with Gasteiger partial charge in [0, 0.05) is 36.0 Å². The number of aromatic nitrogens is 1. The third-order valence-corrected chi connectivity index (χ3v) is 3.19. The first-order chi connectivity index (χ1) is 11.1. The van der Waals surface area contributed by atoms with Crippen molar-refractivity contribution >= 4 is 11.6 Å². The Morgan fingerprint density at radius 3 is 2.91 bits per heavy atom. The predicted molar refractivity (Wildman–Crippen MR) is 89.3 cm³/mol. The molecule has 1 aromatic heterocycles. The van der Waals surface area contributed by atoms with E-state index in [1.54, 1.807) is 24.4 Å². The van der Waals surface area contributed by atoms with Crippen LogP contribution in [0.3, 0.4) is 0 Å². The third kappa shape index (κ3) is 6.31. The van der Waals surface area contributed by atoms with Crippen molar-refractivity contribution in [3.63, 3.8) is 0 Å². The van der Waals surface area contributed by atoms with Crippen LogP contribution in [0.15, 0.2) is 42.6 Å². The van der Waals surface area contributed by atoms with Crippen LogP contribution in [-0.2, 0) is 4.79 Å². The van der Waals surface area contributed by atoms with Gasteiger partial charge in [-0.25, -0.2) is 4.39 Å². The van der Waals surface area contributed by atoms with E-state index in [0.29, 0.717) is 18.4 Å². The van der Waals surface area contributed by atoms with Crippen LogP contribution >= 0.6 is 0 Å². The highest BCUT2D eigenvalue weighted by Gasteiger charge is 2.02. The summed E-state index contributed by atoms with van der Waals surface area (Å²) in [6, 6.07) is 9.84. The summed E-state index contributed by atoms with van der Waals surface area (Å²) in [5, 5.41) is 2.85. The zero-order valence-electron chi connectivity index (χ0n) is 13.1. The molecule has 1 aromatic carbocycles. The lowest BCUT2D eigenvalue weighted by molar-refractivity contribution is -0.116. The molecular formula is C19H19FN2O. The molecule has 0 unspecified atom stereocenters. The number of halogens is 1. The SMILES string of the molecule is Cc1cc(NC(=O)CCCCC#Cc2cccc(F)c2)ccn1. The standard InChI is InChI=1S/C19H19FN2O/c1-15-13-18(11-12-21-15)22-19(23)10-5-3-2-4-7-16-8-6-9-17(20)14-16/h6,8-9,11-14H,2-3,5,10H2,1H3,(H,21,22,23). The Morgan fingerprint density at radius 1 is 1.26 bits per heavy atom. The highest BCUT2D eigenvalue weighted by molar-refractivity contribution is 5.90. The van der Waals surface area contributed by atoms with Crippen LogP contribution < -0.4 is 5.32 Å². The topological polar surface area (TPSA) is 42.0 Å². The second-order valence-corrected chi connectivity index (χ2v) is 5.25. The summed E-state index contributed by atoms with van der Waals surface area (Å²) < 4.78 is 13.0. The first-order valence-corrected chi connectivity index (χ1v) is 7.60. The van der Waals surface area contributed by atoms with Gasteiger partial charge in [-0.3, -0.25) is 9.78 Å². The van der Waals surface area contributed by atoms with Gasteiger partial charge in [-0.1, -0.05) is 17.9 Å². The fraction of sp³-hybridized carbons (Fsp3) is 0.263. The number of hydrogen-bond donors (Lipinski definition) is 1. The van der Waals surface area contributed by atoms with Crippen molar-refractivity contribution in [2.45, 2.75) is 32.6 Å². The second-order valence-electron chi connectivity index (χ2n) is 5.25. The van der Waals surface area contributed by atoms with Crippen molar-refractivity contribution in [2.24, 2.45) is 0 Å². The summed E-state index contributed by atoms with van der Waals surface area (Å²) >= 11 is 0. The summed E-state index contributed by atoms with van der Waals surface area (Å²) in [4.78, 5) is 15.9. The molecule has 1 amide bonds. The van der Waals surface area contributed by atoms with Crippen molar-refractivity contribution in [1.82, 2.24) is 4.98 Å². The number of carbonyl (C=O) groups excluding carboxylic acids is 1. The van der Waals surface area contributed by atoms with Crippen molar-refractivity contribution in [3.05, 3.63) is 59.7 Å². The van der Waals surface area contributed by atoms with Crippen LogP contribution in [-0.4, -0.2) is 10.9 Å². The highest BCUT2D eigenvalue weighted by Crippen LogP contribution is 2.09. The van der Waals surface area contributed by atoms with E-state index in [-0.39, 0.29) is 11.7 Å². The molecule has 0 aliphatic carbocycles. The van der Waals surface area contributed by atoms with E-state index in [4.69, 9.17) is 0 Å². The summed E-state index contributed by atoms with van der Waals surface area (Å²) in [5.41, 5.74) is 2.32. The van der Waals surface area contributed by atoms with Gasteiger partial charge >= 0.3 is 0 Å². The molecule has 0 saturated carbocycles. The molecule has 0 spiro atoms. The minimum atomic E-state index is -0.278. The van der Waals surface area contributed by atoms with E-state index >= 15 is 0 Å². The molecule has 3 nitrogen and oxygen atoms in total. The molecule has 0 aliphatic rings. The number of pyridine rings is 1. The minimum absolute atomic E-state index is 0.00584. The first kappa shape index (κ1) is 16.7. The fourth-order valence-corrected chi connectivity index (χ4v) is 2.08. The smallest absolute Gasteiger partial charge is 0.224 e. The second kappa shape index (κ2) is 8.70. The van der Waals surface area contributed by atoms with E-state index in [9.17, 15) is 9.18 Å². The lowest BCUT2D eigenvalue weighted by Crippen LogP contribution is -2.11. The molecule has 118 valence electrons. The zero-order chi connectivity index (χ0) is 16.5. The highest BCUT2D eigenvalue weighted by atomic mass is 19.1. The monoisotopic (exact) mass is 310 g/mol. The van der Waals surface area contributed by atoms with Gasteiger partial charge in [-0.2, -0.15) is 0 Å². The molecule has 0 bridgehead atoms. The van der Waals surface area contributed by atoms with E-state index in [1.807, 2.05) is 13.0 Å². The lowest BCUT2D eigenvalue weighted by Gasteiger charge is -2.04. The average Bonchev–Trinajstić information content (AvgIpc) is 2.51. The maximum atomic E-state index is 13.0. The van der Waals surface area contributed by atoms with Crippen LogP contribution in [0.5, 0.6) is 0 Å². The maximum absolute atomic E-state index is 13.0. The van der Waals surface area contributed by atoms with Crippen LogP contribution in [0.25, 0.3) is 0 Å². The molecule has 0 fully saturated rings. The molecular weight excluding hydrogens is 291 g/mol. The number of benzene rings is 1. The summed E-state index contributed by atoms with van der Waals surface area (Å²) in [5.74, 6) is 5.64. The Bertz CT molecular complexity index is 731. The quantitative estimate of drug-likeness (QED) is 0.668. The molecule has 0 atom stereocenters. The average molecular weight is 310 g/mol. The van der Waals surface area contributed by atoms with Crippen molar-refractivity contribution in [3.8, 4) is 11.8 Å². The maximum Gasteiger partial charge on any atom is 0.224 e. The Morgan fingerprint density at radius 2 is 2.13 bits per heavy atom. The number of aryl methyl sites for hydroxylation is 1. The zero-order valence-corrected chi connectivity index (χ0v) is 13.1. The molecule has 0 aliphatic heterocycles. The summed E-state index contributed by atoms with van der Waals surface area (Å²) in [6.45, 7) is 1.88. The minimum Gasteiger partial charge on any atom is -0.326 e. The molecule has 4 heteroatoms. The van der Waals surface area contributed by atoms with Crippen LogP contribution in [0.1, 0.15) is 36.9 Å². The number of hydrogen-bond acceptors (Lipinski definition) is 2. The van der Waals surface area contributed by atoms with E-state index in [0.717, 1.165) is 24.2 Å². The summed E-state index contributed by atoms with van der Waals surface area (Å²) in [7, 11) is 0. The van der Waals surface area contributed by atoms with Gasteiger partial charge in [0.15, 0.2) is 0 Å². The largest absolute Gasteiger partial charge is 0.326 e. The predicted octanol–water partition coefficient (Wildman–Crippen LogP) is 4.08. The Labute approximate surface area is 136 Å². The Balaban J connectivity index is 1.67. The van der Waals surface area contributed by atoms with E-state index in [1.165, 1.54) is 12.1 Å². The number of unbranched alkanes of at least 4 members (excludes halogenated alkanes) is 2. The summed E-state index contributed by atoms with van der Waals surface area (Å²) in [6.07, 6.45) is 4.44. The lowest BCUT2D eigenvalue weighted by atomic mass is 10.1. The number of carbonyl (C=O) groups is 1. The molecule has 2 rings (SSSR count). The number of amides is 1. The van der Waals surface area contributed by atoms with E-state index in [2.05, 4.69) is 22.1 Å². The number of nitrogens with one attached hydrogen (secondary N) is 1. The van der Waals surface area contributed by atoms with Crippen molar-refractivity contribution in [1.29, 1.82) is 0 Å². The van der Waals surface area contributed by atoms with Gasteiger partial charge < -0.3 is 5.32 Å². The van der Waals surface area contributed by atoms with Crippen molar-refractivity contribution in [2.75, 3.05) is 5.32 Å². The Hall–Kier alpha value is -2.67. The van der Waals surface area contributed by atoms with E-state index < -0.39 is 0 Å². The van der Waals surface area contributed by atoms with Crippen LogP contribution in [0, 0.1) is 24.6 Å². The Kier molecular flexibility index (Phi) is 6.31. The number of anilines is 1. The number of rotatable bonds is 5. The molecule has 1 N–H and O–H groups in total. The van der Waals surface area contributed by atoms with Gasteiger partial charge in [0.1, 0.15) is 5.82 Å². The molecule has 1 heterocycles. The van der Waals surface area contributed by atoms with Gasteiger partial charge in [0.05, 0.1) is 0 Å². The molecule has 23 heavy (non-hydrogen) atoms. The number of nitrogens with zero attached hydrogens (tertiary/aromatic N) is 1. The van der Waals surface area contributed by atoms with Crippen LogP contribution in [0.2, 0.25) is 0 Å². The fourth-order valence-electron chi connectivity index (χ4n) is 2.08. The normalized spacial score (nSPS) is 9.83. The third-order valence-electron chi connectivity index (χ3n) is 3.19.